The molecule has 2 N–H and O–H groups in total. The van der Waals surface area contributed by atoms with E-state index in [1.807, 2.05) is 99.6 Å². The van der Waals surface area contributed by atoms with Crippen LogP contribution in [0.4, 0.5) is 11.4 Å². The highest BCUT2D eigenvalue weighted by molar-refractivity contribution is 8.00. The number of amides is 2. The highest BCUT2D eigenvalue weighted by Gasteiger charge is 2.15. The van der Waals surface area contributed by atoms with Gasteiger partial charge in [0.25, 0.3) is 5.91 Å². The molecular weight excluding hydrogens is 428 g/mol. The van der Waals surface area contributed by atoms with E-state index in [0.29, 0.717) is 11.3 Å². The fourth-order valence-corrected chi connectivity index (χ4v) is 4.57. The van der Waals surface area contributed by atoms with Crippen LogP contribution in [0.15, 0.2) is 89.8 Å². The summed E-state index contributed by atoms with van der Waals surface area (Å²) in [5, 5.41) is 7.81. The lowest BCUT2D eigenvalue weighted by molar-refractivity contribution is -0.115. The predicted octanol–water partition coefficient (Wildman–Crippen LogP) is 6.83. The van der Waals surface area contributed by atoms with E-state index >= 15 is 0 Å². The van der Waals surface area contributed by atoms with Crippen molar-refractivity contribution < 1.29 is 9.59 Å². The van der Waals surface area contributed by atoms with Crippen LogP contribution < -0.4 is 10.6 Å². The van der Waals surface area contributed by atoms with Crippen molar-refractivity contribution >= 4 is 45.7 Å². The number of benzene rings is 4. The van der Waals surface area contributed by atoms with Crippen molar-refractivity contribution in [2.75, 3.05) is 10.6 Å². The van der Waals surface area contributed by atoms with Crippen LogP contribution in [0.25, 0.3) is 10.8 Å². The summed E-state index contributed by atoms with van der Waals surface area (Å²) in [5.41, 5.74) is 4.38. The molecule has 0 aliphatic heterocycles. The van der Waals surface area contributed by atoms with E-state index in [9.17, 15) is 9.59 Å². The number of carbonyl (C=O) groups excluding carboxylic acids is 2. The standard InChI is InChI=1S/C28H26N2O2S/c1-18-14-19(2)16-25(15-18)30-27(31)20(3)33-26-12-10-24(11-13-26)29-28(32)23-9-8-21-6-4-5-7-22(21)17-23/h4-17,20H,1-3H3,(H,29,32)(H,30,31). The van der Waals surface area contributed by atoms with Crippen LogP contribution in [-0.4, -0.2) is 17.1 Å². The Morgan fingerprint density at radius 2 is 1.39 bits per heavy atom. The lowest BCUT2D eigenvalue weighted by atomic mass is 10.1. The van der Waals surface area contributed by atoms with E-state index in [1.54, 1.807) is 0 Å². The van der Waals surface area contributed by atoms with E-state index in [-0.39, 0.29) is 17.1 Å². The quantitative estimate of drug-likeness (QED) is 0.314. The van der Waals surface area contributed by atoms with Gasteiger partial charge >= 0.3 is 0 Å². The van der Waals surface area contributed by atoms with Crippen molar-refractivity contribution in [1.29, 1.82) is 0 Å². The van der Waals surface area contributed by atoms with Crippen LogP contribution in [0.5, 0.6) is 0 Å². The van der Waals surface area contributed by atoms with Gasteiger partial charge in [-0.3, -0.25) is 9.59 Å². The van der Waals surface area contributed by atoms with Crippen LogP contribution in [0.3, 0.4) is 0 Å². The molecule has 33 heavy (non-hydrogen) atoms. The van der Waals surface area contributed by atoms with Crippen molar-refractivity contribution in [3.05, 3.63) is 102 Å². The van der Waals surface area contributed by atoms with Gasteiger partial charge in [-0.15, -0.1) is 11.8 Å². The molecule has 0 aromatic heterocycles. The number of thioether (sulfide) groups is 1. The van der Waals surface area contributed by atoms with Crippen molar-refractivity contribution in [2.45, 2.75) is 30.9 Å². The fourth-order valence-electron chi connectivity index (χ4n) is 3.70. The van der Waals surface area contributed by atoms with E-state index in [1.165, 1.54) is 11.8 Å². The summed E-state index contributed by atoms with van der Waals surface area (Å²) in [6, 6.07) is 27.2. The molecule has 0 fully saturated rings. The maximum absolute atomic E-state index is 12.7. The molecule has 4 rings (SSSR count). The number of nitrogens with one attached hydrogen (secondary N) is 2. The molecule has 4 aromatic rings. The Balaban J connectivity index is 1.36. The highest BCUT2D eigenvalue weighted by atomic mass is 32.2. The maximum Gasteiger partial charge on any atom is 0.255 e. The average Bonchev–Trinajstić information content (AvgIpc) is 2.79. The lowest BCUT2D eigenvalue weighted by Gasteiger charge is -2.13. The third kappa shape index (κ3) is 5.82. The van der Waals surface area contributed by atoms with Crippen LogP contribution in [0, 0.1) is 13.8 Å². The first-order valence-electron chi connectivity index (χ1n) is 10.8. The third-order valence-corrected chi connectivity index (χ3v) is 6.41. The Hall–Kier alpha value is -3.57. The third-order valence-electron chi connectivity index (χ3n) is 5.30. The normalized spacial score (nSPS) is 11.7. The number of aryl methyl sites for hydroxylation is 2. The van der Waals surface area contributed by atoms with Crippen molar-refractivity contribution in [3.63, 3.8) is 0 Å². The summed E-state index contributed by atoms with van der Waals surface area (Å²) < 4.78 is 0. The monoisotopic (exact) mass is 454 g/mol. The van der Waals surface area contributed by atoms with Gasteiger partial charge < -0.3 is 10.6 Å². The van der Waals surface area contributed by atoms with E-state index in [0.717, 1.165) is 32.5 Å². The first-order valence-corrected chi connectivity index (χ1v) is 11.7. The molecule has 0 bridgehead atoms. The molecule has 0 heterocycles. The van der Waals surface area contributed by atoms with Crippen molar-refractivity contribution in [2.24, 2.45) is 0 Å². The molecule has 0 aliphatic rings. The van der Waals surface area contributed by atoms with Crippen molar-refractivity contribution in [1.82, 2.24) is 0 Å². The summed E-state index contributed by atoms with van der Waals surface area (Å²) in [7, 11) is 0. The number of hydrogen-bond acceptors (Lipinski definition) is 3. The van der Waals surface area contributed by atoms with Gasteiger partial charge in [0.2, 0.25) is 5.91 Å². The zero-order valence-corrected chi connectivity index (χ0v) is 19.7. The molecule has 1 unspecified atom stereocenters. The summed E-state index contributed by atoms with van der Waals surface area (Å²) in [4.78, 5) is 26.2. The van der Waals surface area contributed by atoms with Gasteiger partial charge in [0.15, 0.2) is 0 Å². The number of carbonyl (C=O) groups is 2. The SMILES string of the molecule is Cc1cc(C)cc(NC(=O)C(C)Sc2ccc(NC(=O)c3ccc4ccccc4c3)cc2)c1. The second kappa shape index (κ2) is 9.92. The Bertz CT molecular complexity index is 1300. The minimum absolute atomic E-state index is 0.0429. The van der Waals surface area contributed by atoms with E-state index in [2.05, 4.69) is 16.7 Å². The van der Waals surface area contributed by atoms with Gasteiger partial charge in [-0.2, -0.15) is 0 Å². The van der Waals surface area contributed by atoms with Crippen LogP contribution in [-0.2, 0) is 4.79 Å². The van der Waals surface area contributed by atoms with E-state index < -0.39 is 0 Å². The fraction of sp³-hybridized carbons (Fsp3) is 0.143. The Morgan fingerprint density at radius 1 is 0.727 bits per heavy atom. The lowest BCUT2D eigenvalue weighted by Crippen LogP contribution is -2.22. The zero-order chi connectivity index (χ0) is 23.4. The summed E-state index contributed by atoms with van der Waals surface area (Å²) in [6.45, 7) is 5.92. The summed E-state index contributed by atoms with van der Waals surface area (Å²) in [6.07, 6.45) is 0. The van der Waals surface area contributed by atoms with Gasteiger partial charge in [0, 0.05) is 21.8 Å². The Labute approximate surface area is 198 Å². The largest absolute Gasteiger partial charge is 0.325 e. The molecule has 0 saturated carbocycles. The minimum Gasteiger partial charge on any atom is -0.325 e. The second-order valence-electron chi connectivity index (χ2n) is 8.17. The van der Waals surface area contributed by atoms with Gasteiger partial charge in [0.1, 0.15) is 0 Å². The van der Waals surface area contributed by atoms with Gasteiger partial charge in [-0.05, 0) is 91.2 Å². The molecule has 0 radical (unpaired) electrons. The summed E-state index contributed by atoms with van der Waals surface area (Å²) >= 11 is 1.48. The first kappa shape index (κ1) is 22.6. The molecule has 4 aromatic carbocycles. The number of hydrogen-bond donors (Lipinski definition) is 2. The van der Waals surface area contributed by atoms with Crippen LogP contribution in [0.2, 0.25) is 0 Å². The molecule has 0 saturated heterocycles. The smallest absolute Gasteiger partial charge is 0.255 e. The van der Waals surface area contributed by atoms with Gasteiger partial charge in [-0.25, -0.2) is 0 Å². The van der Waals surface area contributed by atoms with Gasteiger partial charge in [0.05, 0.1) is 5.25 Å². The second-order valence-corrected chi connectivity index (χ2v) is 9.58. The Morgan fingerprint density at radius 3 is 2.09 bits per heavy atom. The number of fused-ring (bicyclic) bond motifs is 1. The van der Waals surface area contributed by atoms with Crippen LogP contribution >= 0.6 is 11.8 Å². The average molecular weight is 455 g/mol. The first-order chi connectivity index (χ1) is 15.9. The molecule has 5 heteroatoms. The summed E-state index contributed by atoms with van der Waals surface area (Å²) in [5.74, 6) is -0.193. The molecule has 166 valence electrons. The minimum atomic E-state index is -0.260. The highest BCUT2D eigenvalue weighted by Crippen LogP contribution is 2.26. The zero-order valence-electron chi connectivity index (χ0n) is 18.9. The molecule has 0 spiro atoms. The van der Waals surface area contributed by atoms with Crippen LogP contribution in [0.1, 0.15) is 28.4 Å². The van der Waals surface area contributed by atoms with Gasteiger partial charge in [-0.1, -0.05) is 36.4 Å². The maximum atomic E-state index is 12.7. The topological polar surface area (TPSA) is 58.2 Å². The number of rotatable bonds is 6. The molecule has 1 atom stereocenters. The molecule has 4 nitrogen and oxygen atoms in total. The molecule has 2 amide bonds. The van der Waals surface area contributed by atoms with Crippen molar-refractivity contribution in [3.8, 4) is 0 Å². The Kier molecular flexibility index (Phi) is 6.80. The van der Waals surface area contributed by atoms with E-state index in [4.69, 9.17) is 0 Å². The molecular formula is C28H26N2O2S. The predicted molar refractivity (Wildman–Crippen MR) is 138 cm³/mol. The molecule has 0 aliphatic carbocycles. The number of anilines is 2.